The Labute approximate surface area is 139 Å². The molecule has 0 bridgehead atoms. The molecule has 1 aromatic rings. The lowest BCUT2D eigenvalue weighted by atomic mass is 9.77. The lowest BCUT2D eigenvalue weighted by Gasteiger charge is -2.38. The van der Waals surface area contributed by atoms with Crippen LogP contribution in [0.1, 0.15) is 63.4 Å². The molecular weight excluding hydrogens is 289 g/mol. The topological polar surface area (TPSA) is 23.5 Å². The zero-order valence-electron chi connectivity index (χ0n) is 14.1. The van der Waals surface area contributed by atoms with E-state index in [-0.39, 0.29) is 11.7 Å². The smallest absolute Gasteiger partial charge is 0.123 e. The van der Waals surface area contributed by atoms with Crippen LogP contribution in [0.3, 0.4) is 0 Å². The summed E-state index contributed by atoms with van der Waals surface area (Å²) < 4.78 is 13.3. The third-order valence-electron chi connectivity index (χ3n) is 5.81. The molecule has 128 valence electrons. The Bertz CT molecular complexity index is 481. The monoisotopic (exact) mass is 319 g/mol. The molecule has 1 aromatic carbocycles. The predicted octanol–water partition coefficient (Wildman–Crippen LogP) is 4.47. The maximum absolute atomic E-state index is 13.3. The van der Waals surface area contributed by atoms with Crippen LogP contribution in [-0.2, 0) is 5.60 Å². The fourth-order valence-electron chi connectivity index (χ4n) is 4.40. The largest absolute Gasteiger partial charge is 0.385 e. The summed E-state index contributed by atoms with van der Waals surface area (Å²) in [5, 5.41) is 11.5. The number of benzene rings is 1. The molecular formula is C20H30FNO. The number of nitrogens with zero attached hydrogens (tertiary/aromatic N) is 1. The number of likely N-dealkylation sites (tertiary alicyclic amines) is 1. The van der Waals surface area contributed by atoms with Crippen LogP contribution < -0.4 is 0 Å². The molecule has 3 heteroatoms. The molecule has 1 heterocycles. The van der Waals surface area contributed by atoms with Gasteiger partial charge in [0.2, 0.25) is 0 Å². The first-order chi connectivity index (χ1) is 11.2. The maximum atomic E-state index is 13.3. The van der Waals surface area contributed by atoms with E-state index in [2.05, 4.69) is 4.90 Å². The van der Waals surface area contributed by atoms with E-state index in [0.717, 1.165) is 44.5 Å². The first-order valence-corrected chi connectivity index (χ1v) is 9.39. The summed E-state index contributed by atoms with van der Waals surface area (Å²) in [6, 6.07) is 6.55. The summed E-state index contributed by atoms with van der Waals surface area (Å²) >= 11 is 0. The SMILES string of the molecule is OC1(c2ccc(F)cc2)CCCCCC1CN1CCCCCC1. The molecule has 2 nitrogen and oxygen atoms in total. The molecule has 0 spiro atoms. The number of hydrogen-bond acceptors (Lipinski definition) is 2. The molecule has 1 aliphatic heterocycles. The number of halogens is 1. The third kappa shape index (κ3) is 4.13. The normalized spacial score (nSPS) is 30.6. The molecule has 0 aromatic heterocycles. The summed E-state index contributed by atoms with van der Waals surface area (Å²) in [6.45, 7) is 3.31. The Balaban J connectivity index is 1.79. The Kier molecular flexibility index (Phi) is 5.71. The number of hydrogen-bond donors (Lipinski definition) is 1. The van der Waals surface area contributed by atoms with Gasteiger partial charge in [0.1, 0.15) is 5.82 Å². The van der Waals surface area contributed by atoms with E-state index >= 15 is 0 Å². The highest BCUT2D eigenvalue weighted by Gasteiger charge is 2.39. The van der Waals surface area contributed by atoms with Crippen molar-refractivity contribution < 1.29 is 9.50 Å². The van der Waals surface area contributed by atoms with Gasteiger partial charge >= 0.3 is 0 Å². The molecule has 1 aliphatic carbocycles. The van der Waals surface area contributed by atoms with Crippen molar-refractivity contribution in [2.24, 2.45) is 5.92 Å². The summed E-state index contributed by atoms with van der Waals surface area (Å²) in [7, 11) is 0. The highest BCUT2D eigenvalue weighted by molar-refractivity contribution is 5.24. The molecule has 2 fully saturated rings. The second-order valence-electron chi connectivity index (χ2n) is 7.44. The van der Waals surface area contributed by atoms with Gasteiger partial charge in [-0.2, -0.15) is 0 Å². The van der Waals surface area contributed by atoms with Crippen LogP contribution in [0.25, 0.3) is 0 Å². The minimum atomic E-state index is -0.795. The molecule has 3 rings (SSSR count). The molecule has 0 amide bonds. The first kappa shape index (κ1) is 16.9. The van der Waals surface area contributed by atoms with E-state index in [1.165, 1.54) is 50.7 Å². The Hall–Kier alpha value is -0.930. The Morgan fingerprint density at radius 2 is 1.61 bits per heavy atom. The van der Waals surface area contributed by atoms with Gasteiger partial charge in [0.05, 0.1) is 5.60 Å². The minimum absolute atomic E-state index is 0.227. The van der Waals surface area contributed by atoms with E-state index in [1.807, 2.05) is 0 Å². The van der Waals surface area contributed by atoms with Gasteiger partial charge in [0, 0.05) is 12.5 Å². The number of rotatable bonds is 3. The Morgan fingerprint density at radius 1 is 0.957 bits per heavy atom. The van der Waals surface area contributed by atoms with E-state index in [9.17, 15) is 9.50 Å². The summed E-state index contributed by atoms with van der Waals surface area (Å²) in [5.74, 6) is 0.0311. The maximum Gasteiger partial charge on any atom is 0.123 e. The minimum Gasteiger partial charge on any atom is -0.385 e. The van der Waals surface area contributed by atoms with Crippen LogP contribution in [0.2, 0.25) is 0 Å². The second kappa shape index (κ2) is 7.76. The molecule has 1 saturated heterocycles. The first-order valence-electron chi connectivity index (χ1n) is 9.39. The van der Waals surface area contributed by atoms with Gasteiger partial charge in [-0.3, -0.25) is 0 Å². The van der Waals surface area contributed by atoms with E-state index in [1.54, 1.807) is 12.1 Å². The second-order valence-corrected chi connectivity index (χ2v) is 7.44. The zero-order valence-corrected chi connectivity index (χ0v) is 14.1. The molecule has 0 radical (unpaired) electrons. The van der Waals surface area contributed by atoms with Gasteiger partial charge < -0.3 is 10.0 Å². The molecule has 2 atom stereocenters. The van der Waals surface area contributed by atoms with Crippen LogP contribution in [0.5, 0.6) is 0 Å². The quantitative estimate of drug-likeness (QED) is 0.831. The van der Waals surface area contributed by atoms with Crippen molar-refractivity contribution in [1.29, 1.82) is 0 Å². The van der Waals surface area contributed by atoms with Crippen LogP contribution in [-0.4, -0.2) is 29.6 Å². The molecule has 1 saturated carbocycles. The van der Waals surface area contributed by atoms with Gasteiger partial charge in [0.25, 0.3) is 0 Å². The van der Waals surface area contributed by atoms with Crippen LogP contribution in [0.4, 0.5) is 4.39 Å². The van der Waals surface area contributed by atoms with Crippen LogP contribution in [0, 0.1) is 11.7 Å². The lowest BCUT2D eigenvalue weighted by Crippen LogP contribution is -2.42. The summed E-state index contributed by atoms with van der Waals surface area (Å²) in [4.78, 5) is 2.55. The van der Waals surface area contributed by atoms with Crippen molar-refractivity contribution in [3.63, 3.8) is 0 Å². The molecule has 2 unspecified atom stereocenters. The fourth-order valence-corrected chi connectivity index (χ4v) is 4.40. The Morgan fingerprint density at radius 3 is 2.30 bits per heavy atom. The van der Waals surface area contributed by atoms with Gasteiger partial charge in [-0.15, -0.1) is 0 Å². The van der Waals surface area contributed by atoms with E-state index in [4.69, 9.17) is 0 Å². The number of aliphatic hydroxyl groups is 1. The van der Waals surface area contributed by atoms with E-state index in [0.29, 0.717) is 0 Å². The molecule has 23 heavy (non-hydrogen) atoms. The van der Waals surface area contributed by atoms with Gasteiger partial charge in [-0.1, -0.05) is 44.2 Å². The van der Waals surface area contributed by atoms with Crippen molar-refractivity contribution >= 4 is 0 Å². The standard InChI is InChI=1S/C20H30FNO/c21-19-11-9-17(10-12-19)20(23)13-5-3-4-8-18(20)16-22-14-6-1-2-7-15-22/h9-12,18,23H,1-8,13-16H2. The van der Waals surface area contributed by atoms with Crippen molar-refractivity contribution in [2.75, 3.05) is 19.6 Å². The third-order valence-corrected chi connectivity index (χ3v) is 5.81. The predicted molar refractivity (Wildman–Crippen MR) is 91.8 cm³/mol. The average molecular weight is 319 g/mol. The van der Waals surface area contributed by atoms with Crippen molar-refractivity contribution in [1.82, 2.24) is 4.90 Å². The summed E-state index contributed by atoms with van der Waals surface area (Å²) in [5.41, 5.74) is 0.108. The van der Waals surface area contributed by atoms with Gasteiger partial charge in [0.15, 0.2) is 0 Å². The summed E-state index contributed by atoms with van der Waals surface area (Å²) in [6.07, 6.45) is 10.6. The molecule has 2 aliphatic rings. The average Bonchev–Trinajstić information content (AvgIpc) is 2.91. The van der Waals surface area contributed by atoms with Gasteiger partial charge in [-0.25, -0.2) is 4.39 Å². The van der Waals surface area contributed by atoms with Crippen molar-refractivity contribution in [3.8, 4) is 0 Å². The van der Waals surface area contributed by atoms with Gasteiger partial charge in [-0.05, 0) is 56.5 Å². The fraction of sp³-hybridized carbons (Fsp3) is 0.700. The van der Waals surface area contributed by atoms with Crippen molar-refractivity contribution in [3.05, 3.63) is 35.6 Å². The van der Waals surface area contributed by atoms with Crippen LogP contribution in [0.15, 0.2) is 24.3 Å². The van der Waals surface area contributed by atoms with E-state index < -0.39 is 5.60 Å². The van der Waals surface area contributed by atoms with Crippen LogP contribution >= 0.6 is 0 Å². The zero-order chi connectivity index (χ0) is 16.1. The van der Waals surface area contributed by atoms with Crippen molar-refractivity contribution in [2.45, 2.75) is 63.4 Å². The highest BCUT2D eigenvalue weighted by atomic mass is 19.1. The lowest BCUT2D eigenvalue weighted by molar-refractivity contribution is -0.0428. The highest BCUT2D eigenvalue weighted by Crippen LogP contribution is 2.41. The molecule has 1 N–H and O–H groups in total.